The molecule has 0 bridgehead atoms. The first-order valence-corrected chi connectivity index (χ1v) is 4.70. The van der Waals surface area contributed by atoms with Gasteiger partial charge in [0.25, 0.3) is 0 Å². The fourth-order valence-corrected chi connectivity index (χ4v) is 1.66. The molecule has 5 nitrogen and oxygen atoms in total. The van der Waals surface area contributed by atoms with Gasteiger partial charge in [0.2, 0.25) is 5.60 Å². The van der Waals surface area contributed by atoms with Crippen molar-refractivity contribution in [3.63, 3.8) is 0 Å². The summed E-state index contributed by atoms with van der Waals surface area (Å²) >= 11 is 0. The Hall–Kier alpha value is -1.36. The number of carboxylic acid groups (broad SMARTS) is 1. The van der Waals surface area contributed by atoms with E-state index in [2.05, 4.69) is 0 Å². The van der Waals surface area contributed by atoms with Gasteiger partial charge in [-0.3, -0.25) is 0 Å². The van der Waals surface area contributed by atoms with Crippen LogP contribution in [0, 0.1) is 5.92 Å². The molecule has 84 valence electrons. The average molecular weight is 214 g/mol. The second-order valence-electron chi connectivity index (χ2n) is 3.66. The van der Waals surface area contributed by atoms with Gasteiger partial charge in [0.15, 0.2) is 0 Å². The lowest BCUT2D eigenvalue weighted by Gasteiger charge is -2.37. The van der Waals surface area contributed by atoms with E-state index in [-0.39, 0.29) is 0 Å². The lowest BCUT2D eigenvalue weighted by Crippen LogP contribution is -2.55. The zero-order chi connectivity index (χ0) is 11.6. The second-order valence-corrected chi connectivity index (χ2v) is 3.66. The number of hydrogen-bond acceptors (Lipinski definition) is 4. The zero-order valence-electron chi connectivity index (χ0n) is 8.69. The maximum absolute atomic E-state index is 11.4. The minimum atomic E-state index is -1.79. The minimum Gasteiger partial charge on any atom is -0.478 e. The summed E-state index contributed by atoms with van der Waals surface area (Å²) in [5, 5.41) is 18.1. The summed E-state index contributed by atoms with van der Waals surface area (Å²) in [6, 6.07) is 0. The van der Waals surface area contributed by atoms with Crippen LogP contribution in [-0.4, -0.2) is 34.4 Å². The van der Waals surface area contributed by atoms with Crippen molar-refractivity contribution in [2.75, 3.05) is 6.61 Å². The van der Waals surface area contributed by atoms with Gasteiger partial charge < -0.3 is 14.9 Å². The quantitative estimate of drug-likeness (QED) is 0.511. The Morgan fingerprint density at radius 1 is 1.73 bits per heavy atom. The van der Waals surface area contributed by atoms with Crippen LogP contribution in [0.25, 0.3) is 0 Å². The molecule has 1 aliphatic rings. The van der Waals surface area contributed by atoms with Crippen LogP contribution in [0.5, 0.6) is 0 Å². The summed E-state index contributed by atoms with van der Waals surface area (Å²) in [6.45, 7) is 2.63. The number of carboxylic acids is 1. The van der Waals surface area contributed by atoms with Crippen LogP contribution in [0.15, 0.2) is 11.6 Å². The summed E-state index contributed by atoms with van der Waals surface area (Å²) in [4.78, 5) is 22.4. The summed E-state index contributed by atoms with van der Waals surface area (Å²) in [5.74, 6) is -2.41. The molecule has 0 aromatic carbocycles. The van der Waals surface area contributed by atoms with Gasteiger partial charge in [-0.25, -0.2) is 9.59 Å². The van der Waals surface area contributed by atoms with Gasteiger partial charge in [0, 0.05) is 11.5 Å². The Bertz CT molecular complexity index is 320. The second kappa shape index (κ2) is 4.02. The maximum atomic E-state index is 11.4. The summed E-state index contributed by atoms with van der Waals surface area (Å²) < 4.78 is 4.84. The molecule has 1 aliphatic heterocycles. The van der Waals surface area contributed by atoms with E-state index in [0.29, 0.717) is 12.0 Å². The third kappa shape index (κ3) is 1.74. The van der Waals surface area contributed by atoms with Crippen LogP contribution in [0.4, 0.5) is 0 Å². The first-order valence-electron chi connectivity index (χ1n) is 4.70. The summed E-state index contributed by atoms with van der Waals surface area (Å²) in [7, 11) is 0. The molecule has 2 N–H and O–H groups in total. The predicted molar refractivity (Wildman–Crippen MR) is 51.1 cm³/mol. The highest BCUT2D eigenvalue weighted by Crippen LogP contribution is 2.34. The van der Waals surface area contributed by atoms with Crippen molar-refractivity contribution >= 4 is 11.9 Å². The van der Waals surface area contributed by atoms with Crippen LogP contribution in [0.3, 0.4) is 0 Å². The fourth-order valence-electron chi connectivity index (χ4n) is 1.66. The van der Waals surface area contributed by atoms with Gasteiger partial charge in [-0.15, -0.1) is 0 Å². The molecule has 1 saturated heterocycles. The minimum absolute atomic E-state index is 0.308. The molecule has 15 heavy (non-hydrogen) atoms. The number of aliphatic hydroxyl groups is 1. The number of carbonyl (C=O) groups is 2. The molecular formula is C10H14O5. The van der Waals surface area contributed by atoms with Crippen LogP contribution in [-0.2, 0) is 14.3 Å². The molecule has 0 aromatic rings. The van der Waals surface area contributed by atoms with Crippen molar-refractivity contribution in [1.29, 1.82) is 0 Å². The van der Waals surface area contributed by atoms with E-state index in [4.69, 9.17) is 14.9 Å². The molecule has 1 heterocycles. The van der Waals surface area contributed by atoms with E-state index < -0.39 is 30.1 Å². The molecule has 2 atom stereocenters. The molecule has 0 radical (unpaired) electrons. The van der Waals surface area contributed by atoms with E-state index in [0.717, 1.165) is 0 Å². The highest BCUT2D eigenvalue weighted by Gasteiger charge is 2.51. The Balaban J connectivity index is 3.04. The molecule has 0 aromatic heterocycles. The molecule has 5 heteroatoms. The normalized spacial score (nSPS) is 33.9. The standard InChI is InChI=1S/C10H14O5/c1-3-7-4-6(2)10(5-11,9(13)14)15-8(7)12/h3,6,11H,4-5H2,1-2H3,(H,13,14)/b7-3+/t6-,10-/m1/s1. The monoisotopic (exact) mass is 214 g/mol. The number of hydrogen-bond donors (Lipinski definition) is 2. The topological polar surface area (TPSA) is 83.8 Å². The van der Waals surface area contributed by atoms with Crippen LogP contribution >= 0.6 is 0 Å². The maximum Gasteiger partial charge on any atom is 0.350 e. The largest absolute Gasteiger partial charge is 0.478 e. The van der Waals surface area contributed by atoms with Crippen molar-refractivity contribution in [3.8, 4) is 0 Å². The smallest absolute Gasteiger partial charge is 0.350 e. The molecule has 0 spiro atoms. The van der Waals surface area contributed by atoms with E-state index in [9.17, 15) is 9.59 Å². The number of rotatable bonds is 2. The van der Waals surface area contributed by atoms with Crippen molar-refractivity contribution in [2.45, 2.75) is 25.9 Å². The van der Waals surface area contributed by atoms with Gasteiger partial charge in [0.1, 0.15) is 0 Å². The van der Waals surface area contributed by atoms with Gasteiger partial charge in [-0.1, -0.05) is 13.0 Å². The van der Waals surface area contributed by atoms with Crippen LogP contribution < -0.4 is 0 Å². The number of cyclic esters (lactones) is 1. The number of allylic oxidation sites excluding steroid dienone is 1. The average Bonchev–Trinajstić information content (AvgIpc) is 2.20. The first kappa shape index (κ1) is 11.7. The van der Waals surface area contributed by atoms with E-state index in [1.54, 1.807) is 19.9 Å². The summed E-state index contributed by atoms with van der Waals surface area (Å²) in [6.07, 6.45) is 1.91. The van der Waals surface area contributed by atoms with Crippen molar-refractivity contribution in [3.05, 3.63) is 11.6 Å². The number of aliphatic carboxylic acids is 1. The van der Waals surface area contributed by atoms with Crippen molar-refractivity contribution < 1.29 is 24.5 Å². The number of ether oxygens (including phenoxy) is 1. The highest BCUT2D eigenvalue weighted by molar-refractivity contribution is 5.93. The Morgan fingerprint density at radius 3 is 2.73 bits per heavy atom. The highest BCUT2D eigenvalue weighted by atomic mass is 16.6. The van der Waals surface area contributed by atoms with Crippen molar-refractivity contribution in [1.82, 2.24) is 0 Å². The molecule has 0 aliphatic carbocycles. The lowest BCUT2D eigenvalue weighted by atomic mass is 9.81. The number of esters is 1. The van der Waals surface area contributed by atoms with E-state index in [1.165, 1.54) is 0 Å². The van der Waals surface area contributed by atoms with Gasteiger partial charge in [-0.2, -0.15) is 0 Å². The number of aliphatic hydroxyl groups excluding tert-OH is 1. The summed E-state index contributed by atoms with van der Waals surface area (Å²) in [5.41, 5.74) is -1.34. The number of carbonyl (C=O) groups excluding carboxylic acids is 1. The molecule has 0 saturated carbocycles. The Kier molecular flexibility index (Phi) is 3.14. The molecule has 1 fully saturated rings. The van der Waals surface area contributed by atoms with Crippen molar-refractivity contribution in [2.24, 2.45) is 5.92 Å². The van der Waals surface area contributed by atoms with Gasteiger partial charge >= 0.3 is 11.9 Å². The van der Waals surface area contributed by atoms with E-state index >= 15 is 0 Å². The third-order valence-electron chi connectivity index (χ3n) is 2.80. The predicted octanol–water partition coefficient (Wildman–Crippen LogP) is 0.331. The first-order chi connectivity index (χ1) is 6.97. The Morgan fingerprint density at radius 2 is 2.33 bits per heavy atom. The molecule has 1 rings (SSSR count). The molecule has 0 amide bonds. The third-order valence-corrected chi connectivity index (χ3v) is 2.80. The van der Waals surface area contributed by atoms with Crippen LogP contribution in [0.1, 0.15) is 20.3 Å². The molecule has 0 unspecified atom stereocenters. The van der Waals surface area contributed by atoms with Crippen LogP contribution in [0.2, 0.25) is 0 Å². The Labute approximate surface area is 87.4 Å². The fraction of sp³-hybridized carbons (Fsp3) is 0.600. The van der Waals surface area contributed by atoms with Gasteiger partial charge in [0.05, 0.1) is 6.61 Å². The zero-order valence-corrected chi connectivity index (χ0v) is 8.69. The SMILES string of the molecule is C/C=C1\C[C@@H](C)[C@](CO)(C(=O)O)OC1=O. The molecular weight excluding hydrogens is 200 g/mol. The van der Waals surface area contributed by atoms with Gasteiger partial charge in [-0.05, 0) is 13.3 Å². The van der Waals surface area contributed by atoms with E-state index in [1.807, 2.05) is 0 Å². The lowest BCUT2D eigenvalue weighted by molar-refractivity contribution is -0.193.